The third kappa shape index (κ3) is 8.25. The molecule has 4 aromatic carbocycles. The van der Waals surface area contributed by atoms with Crippen molar-refractivity contribution in [3.63, 3.8) is 0 Å². The second-order valence-corrected chi connectivity index (χ2v) is 19.4. The van der Waals surface area contributed by atoms with Gasteiger partial charge in [0.05, 0.1) is 0 Å². The van der Waals surface area contributed by atoms with E-state index in [2.05, 4.69) is 132 Å². The summed E-state index contributed by atoms with van der Waals surface area (Å²) in [6.07, 6.45) is 12.6. The maximum atomic E-state index is 14.4. The highest BCUT2D eigenvalue weighted by atomic mass is 31.1. The van der Waals surface area contributed by atoms with Crippen LogP contribution >= 0.6 is 15.8 Å². The van der Waals surface area contributed by atoms with Crippen molar-refractivity contribution in [2.45, 2.75) is 100 Å². The SMILES string of the molecule is O=C(N[C@@H]1CCCC[C@H]1NC(=O)[C@@H]1CCCC[C@@H]1P(c1ccccc1)c1ccccc1)[C@@H]1CCCC[C@@H]1P(c1ccccc1)c1ccccc1. The average Bonchev–Trinajstić information content (AvgIpc) is 3.18. The number of amides is 2. The molecule has 3 aliphatic carbocycles. The van der Waals surface area contributed by atoms with Crippen molar-refractivity contribution in [1.29, 1.82) is 0 Å². The highest BCUT2D eigenvalue weighted by Crippen LogP contribution is 2.50. The topological polar surface area (TPSA) is 58.2 Å². The smallest absolute Gasteiger partial charge is 0.224 e. The lowest BCUT2D eigenvalue weighted by molar-refractivity contribution is -0.129. The van der Waals surface area contributed by atoms with E-state index in [1.165, 1.54) is 34.1 Å². The summed E-state index contributed by atoms with van der Waals surface area (Å²) < 4.78 is 0. The van der Waals surface area contributed by atoms with Crippen molar-refractivity contribution in [3.8, 4) is 0 Å². The van der Waals surface area contributed by atoms with Crippen LogP contribution in [0.1, 0.15) is 77.0 Å². The number of hydrogen-bond donors (Lipinski definition) is 2. The molecule has 0 saturated heterocycles. The minimum atomic E-state index is -0.677. The molecule has 0 unspecified atom stereocenters. The van der Waals surface area contributed by atoms with Crippen molar-refractivity contribution in [2.75, 3.05) is 0 Å². The Kier molecular flexibility index (Phi) is 12.1. The minimum absolute atomic E-state index is 0.0171. The molecule has 0 aromatic heterocycles. The molecule has 0 spiro atoms. The fourth-order valence-corrected chi connectivity index (χ4v) is 15.2. The van der Waals surface area contributed by atoms with Gasteiger partial charge in [0.1, 0.15) is 0 Å². The summed E-state index contributed by atoms with van der Waals surface area (Å²) in [4.78, 5) is 28.8. The first-order valence-electron chi connectivity index (χ1n) is 19.1. The van der Waals surface area contributed by atoms with Gasteiger partial charge in [-0.25, -0.2) is 0 Å². The molecule has 3 fully saturated rings. The van der Waals surface area contributed by atoms with Gasteiger partial charge >= 0.3 is 0 Å². The van der Waals surface area contributed by atoms with Gasteiger partial charge in [0, 0.05) is 23.9 Å². The summed E-state index contributed by atoms with van der Waals surface area (Å²) in [5.74, 6) is 0.369. The molecule has 2 N–H and O–H groups in total. The molecule has 2 amide bonds. The predicted octanol–water partition coefficient (Wildman–Crippen LogP) is 7.91. The van der Waals surface area contributed by atoms with Crippen molar-refractivity contribution < 1.29 is 9.59 Å². The fraction of sp³-hybridized carbons (Fsp3) is 0.409. The van der Waals surface area contributed by atoms with Crippen LogP contribution in [0.15, 0.2) is 121 Å². The van der Waals surface area contributed by atoms with E-state index < -0.39 is 15.8 Å². The molecule has 0 aliphatic heterocycles. The minimum Gasteiger partial charge on any atom is -0.351 e. The van der Waals surface area contributed by atoms with E-state index in [9.17, 15) is 9.59 Å². The fourth-order valence-electron chi connectivity index (χ4n) is 8.93. The maximum Gasteiger partial charge on any atom is 0.224 e. The van der Waals surface area contributed by atoms with Crippen LogP contribution in [0.2, 0.25) is 0 Å². The summed E-state index contributed by atoms with van der Waals surface area (Å²) in [5.41, 5.74) is 0.608. The van der Waals surface area contributed by atoms with Crippen LogP contribution < -0.4 is 31.9 Å². The zero-order chi connectivity index (χ0) is 34.1. The second kappa shape index (κ2) is 17.3. The average molecular weight is 703 g/mol. The molecule has 7 rings (SSSR count). The van der Waals surface area contributed by atoms with E-state index in [0.29, 0.717) is 11.3 Å². The Balaban J connectivity index is 1.09. The molecule has 6 atom stereocenters. The zero-order valence-electron chi connectivity index (χ0n) is 29.2. The number of hydrogen-bond acceptors (Lipinski definition) is 2. The largest absolute Gasteiger partial charge is 0.351 e. The third-order valence-electron chi connectivity index (χ3n) is 11.4. The molecule has 0 heterocycles. The van der Waals surface area contributed by atoms with Crippen LogP contribution in [0.25, 0.3) is 0 Å². The lowest BCUT2D eigenvalue weighted by Crippen LogP contribution is -2.57. The summed E-state index contributed by atoms with van der Waals surface area (Å²) >= 11 is 0. The van der Waals surface area contributed by atoms with Crippen LogP contribution in [0.5, 0.6) is 0 Å². The summed E-state index contributed by atoms with van der Waals surface area (Å²) in [5, 5.41) is 12.6. The third-order valence-corrected chi connectivity index (χ3v) is 17.3. The van der Waals surface area contributed by atoms with E-state index in [0.717, 1.165) is 64.2 Å². The second-order valence-electron chi connectivity index (χ2n) is 14.5. The number of rotatable bonds is 10. The van der Waals surface area contributed by atoms with E-state index in [4.69, 9.17) is 0 Å². The quantitative estimate of drug-likeness (QED) is 0.165. The van der Waals surface area contributed by atoms with Crippen LogP contribution in [0.3, 0.4) is 0 Å². The molecule has 0 radical (unpaired) electrons. The number of carbonyl (C=O) groups excluding carboxylic acids is 2. The van der Waals surface area contributed by atoms with Gasteiger partial charge in [-0.2, -0.15) is 0 Å². The Bertz CT molecular complexity index is 1450. The van der Waals surface area contributed by atoms with Gasteiger partial charge in [0.15, 0.2) is 0 Å². The van der Waals surface area contributed by atoms with Crippen molar-refractivity contribution in [2.24, 2.45) is 11.8 Å². The lowest BCUT2D eigenvalue weighted by atomic mass is 9.85. The zero-order valence-corrected chi connectivity index (χ0v) is 31.0. The van der Waals surface area contributed by atoms with E-state index in [1.807, 2.05) is 0 Å². The van der Waals surface area contributed by atoms with Gasteiger partial charge in [-0.3, -0.25) is 9.59 Å². The molecule has 4 aromatic rings. The van der Waals surface area contributed by atoms with Gasteiger partial charge in [-0.15, -0.1) is 0 Å². The molecular formula is C44H52N2O2P2. The normalized spacial score (nSPS) is 25.6. The first kappa shape index (κ1) is 35.1. The highest BCUT2D eigenvalue weighted by molar-refractivity contribution is 7.74. The Morgan fingerprint density at radius 1 is 0.400 bits per heavy atom. The molecule has 6 heteroatoms. The molecule has 0 bridgehead atoms. The first-order valence-corrected chi connectivity index (χ1v) is 21.9. The van der Waals surface area contributed by atoms with Crippen LogP contribution in [0.4, 0.5) is 0 Å². The van der Waals surface area contributed by atoms with Crippen molar-refractivity contribution in [3.05, 3.63) is 121 Å². The highest BCUT2D eigenvalue weighted by Gasteiger charge is 2.41. The Hall–Kier alpha value is -3.32. The van der Waals surface area contributed by atoms with Crippen molar-refractivity contribution in [1.82, 2.24) is 10.6 Å². The first-order chi connectivity index (χ1) is 24.7. The van der Waals surface area contributed by atoms with Crippen LogP contribution in [-0.2, 0) is 9.59 Å². The monoisotopic (exact) mass is 702 g/mol. The molecule has 260 valence electrons. The number of benzene rings is 4. The molecule has 3 aliphatic rings. The maximum absolute atomic E-state index is 14.4. The number of carbonyl (C=O) groups is 2. The Labute approximate surface area is 301 Å². The molecular weight excluding hydrogens is 650 g/mol. The standard InChI is InChI=1S/C44H52N2O2P2/c47-43(37-27-13-17-31-41(37)49(33-19-5-1-6-20-33)34-21-7-2-8-22-34)45-39-29-15-16-30-40(39)46-44(48)38-28-14-18-32-42(38)50(35-23-9-3-10-24-35)36-25-11-4-12-26-36/h1-12,19-26,37-42H,13-18,27-32H2,(H,45,47)(H,46,48)/t37-,38-,39-,40-,41+,42+/m1/s1. The van der Waals surface area contributed by atoms with Gasteiger partial charge in [-0.05, 0) is 86.9 Å². The van der Waals surface area contributed by atoms with Gasteiger partial charge in [0.25, 0.3) is 0 Å². The van der Waals surface area contributed by atoms with E-state index in [-0.39, 0.29) is 35.7 Å². The summed E-state index contributed by atoms with van der Waals surface area (Å²) in [6.45, 7) is 0. The summed E-state index contributed by atoms with van der Waals surface area (Å²) in [7, 11) is -1.35. The van der Waals surface area contributed by atoms with E-state index >= 15 is 0 Å². The molecule has 4 nitrogen and oxygen atoms in total. The Morgan fingerprint density at radius 3 is 1.00 bits per heavy atom. The van der Waals surface area contributed by atoms with Crippen molar-refractivity contribution >= 4 is 48.9 Å². The lowest BCUT2D eigenvalue weighted by Gasteiger charge is -2.41. The molecule has 50 heavy (non-hydrogen) atoms. The van der Waals surface area contributed by atoms with Gasteiger partial charge < -0.3 is 10.6 Å². The van der Waals surface area contributed by atoms with Gasteiger partial charge in [0.2, 0.25) is 11.8 Å². The van der Waals surface area contributed by atoms with Gasteiger partial charge in [-0.1, -0.05) is 160 Å². The molecule has 3 saturated carbocycles. The van der Waals surface area contributed by atoms with E-state index in [1.54, 1.807) is 0 Å². The Morgan fingerprint density at radius 2 is 0.680 bits per heavy atom. The number of nitrogens with one attached hydrogen (secondary N) is 2. The summed E-state index contributed by atoms with van der Waals surface area (Å²) in [6, 6.07) is 43.5. The van der Waals surface area contributed by atoms with Crippen LogP contribution in [-0.4, -0.2) is 35.2 Å². The van der Waals surface area contributed by atoms with Crippen LogP contribution in [0, 0.1) is 11.8 Å². The predicted molar refractivity (Wildman–Crippen MR) is 212 cm³/mol.